The van der Waals surface area contributed by atoms with E-state index < -0.39 is 57.7 Å². The van der Waals surface area contributed by atoms with Gasteiger partial charge in [-0.3, -0.25) is 0 Å². The topological polar surface area (TPSA) is 28.1 Å². The van der Waals surface area contributed by atoms with Gasteiger partial charge in [0.05, 0.1) is 23.3 Å². The lowest BCUT2D eigenvalue weighted by atomic mass is 9.96. The van der Waals surface area contributed by atoms with Gasteiger partial charge in [0.2, 0.25) is 5.69 Å². The smallest absolute Gasteiger partial charge is 0.222 e. The quantitative estimate of drug-likeness (QED) is 0.0615. The van der Waals surface area contributed by atoms with Gasteiger partial charge in [0.1, 0.15) is 52.6 Å². The molecule has 0 bridgehead atoms. The Morgan fingerprint density at radius 3 is 1.21 bits per heavy atom. The molecule has 0 amide bonds. The second-order valence-corrected chi connectivity index (χ2v) is 13.8. The maximum atomic E-state index is 15.1. The average molecular weight is 779 g/mol. The molecule has 0 atom stereocenters. The van der Waals surface area contributed by atoms with Crippen LogP contribution in [0.4, 0.5) is 40.8 Å². The molecule has 0 saturated carbocycles. The molecular weight excluding hydrogens is 745 g/mol. The Kier molecular flexibility index (Phi) is 12.8. The Bertz CT molecular complexity index is 2310. The summed E-state index contributed by atoms with van der Waals surface area (Å²) in [4.78, 5) is 3.01. The van der Waals surface area contributed by atoms with Crippen LogP contribution < -0.4 is 0 Å². The summed E-state index contributed by atoms with van der Waals surface area (Å²) in [6, 6.07) is 21.4. The minimum absolute atomic E-state index is 0.00634. The highest BCUT2D eigenvalue weighted by molar-refractivity contribution is 5.74. The minimum Gasteiger partial charge on any atom is -0.235 e. The van der Waals surface area contributed by atoms with Crippen molar-refractivity contribution in [1.29, 1.82) is 5.26 Å². The molecule has 6 aromatic rings. The number of halogens is 8. The monoisotopic (exact) mass is 778 g/mol. The molecule has 6 rings (SSSR count). The van der Waals surface area contributed by atoms with E-state index in [1.165, 1.54) is 36.4 Å². The number of hydrogen-bond acceptors (Lipinski definition) is 1. The van der Waals surface area contributed by atoms with Crippen molar-refractivity contribution >= 4 is 5.69 Å². The molecule has 0 radical (unpaired) electrons. The van der Waals surface area contributed by atoms with Crippen molar-refractivity contribution in [2.45, 2.75) is 57.8 Å². The van der Waals surface area contributed by atoms with Crippen LogP contribution in [0.25, 0.3) is 49.4 Å². The summed E-state index contributed by atoms with van der Waals surface area (Å²) in [6.45, 7) is 6.94. The molecule has 2 nitrogen and oxygen atoms in total. The summed E-state index contributed by atoms with van der Waals surface area (Å²) in [5.41, 5.74) is 0.00857. The van der Waals surface area contributed by atoms with E-state index in [1.54, 1.807) is 18.2 Å². The lowest BCUT2D eigenvalue weighted by molar-refractivity contribution is 0.576. The maximum Gasteiger partial charge on any atom is 0.222 e. The molecule has 10 heteroatoms. The second kappa shape index (κ2) is 18.1. The first-order chi connectivity index (χ1) is 27.5. The molecule has 0 aliphatic carbocycles. The standard InChI is InChI=1S/C47H34F8N2/c1-57-45-18-15-31(22-40(45)51)47-43(54)25-34(26-44(47)55)36-17-12-29(20-39(36)50)10-8-6-4-2-3-5-7-9-28-11-16-35(38(49)19-28)33-23-41(52)46(42(53)24-33)30-13-14-32(27-56)37(48)21-30/h11-26H,2-10H2. The van der Waals surface area contributed by atoms with Crippen LogP contribution in [0.5, 0.6) is 0 Å². The fourth-order valence-corrected chi connectivity index (χ4v) is 6.96. The molecule has 0 aliphatic rings. The summed E-state index contributed by atoms with van der Waals surface area (Å²) in [5.74, 6) is -6.95. The zero-order chi connectivity index (χ0) is 40.6. The molecular formula is C47H34F8N2. The van der Waals surface area contributed by atoms with Crippen LogP contribution in [0, 0.1) is 64.4 Å². The Labute approximate surface area is 325 Å². The molecule has 0 saturated heterocycles. The largest absolute Gasteiger partial charge is 0.235 e. The number of benzene rings is 6. The van der Waals surface area contributed by atoms with Gasteiger partial charge in [0, 0.05) is 11.1 Å². The van der Waals surface area contributed by atoms with Gasteiger partial charge in [-0.15, -0.1) is 0 Å². The predicted octanol–water partition coefficient (Wildman–Crippen LogP) is 14.4. The Morgan fingerprint density at radius 1 is 0.421 bits per heavy atom. The SMILES string of the molecule is [C-]#[N+]c1ccc(-c2c(F)cc(-c3ccc(CCCCCCCCCc4ccc(-c5cc(F)c(-c6ccc(C#N)c(F)c6)c(F)c5)c(F)c4)cc3F)cc2F)cc1F. The number of rotatable bonds is 14. The third-order valence-electron chi connectivity index (χ3n) is 9.94. The molecule has 0 spiro atoms. The van der Waals surface area contributed by atoms with E-state index in [2.05, 4.69) is 4.85 Å². The highest BCUT2D eigenvalue weighted by atomic mass is 19.2. The van der Waals surface area contributed by atoms with E-state index in [1.807, 2.05) is 0 Å². The molecule has 0 aliphatic heterocycles. The summed E-state index contributed by atoms with van der Waals surface area (Å²) < 4.78 is 118. The van der Waals surface area contributed by atoms with Crippen LogP contribution in [0.1, 0.15) is 61.6 Å². The van der Waals surface area contributed by atoms with E-state index in [4.69, 9.17) is 11.8 Å². The van der Waals surface area contributed by atoms with E-state index >= 15 is 17.6 Å². The first kappa shape index (κ1) is 40.4. The number of nitriles is 1. The zero-order valence-electron chi connectivity index (χ0n) is 30.5. The van der Waals surface area contributed by atoms with Crippen LogP contribution in [-0.2, 0) is 12.8 Å². The molecule has 0 heterocycles. The Morgan fingerprint density at radius 2 is 0.825 bits per heavy atom. The van der Waals surface area contributed by atoms with Crippen molar-refractivity contribution in [2.75, 3.05) is 0 Å². The first-order valence-electron chi connectivity index (χ1n) is 18.4. The summed E-state index contributed by atoms with van der Waals surface area (Å²) in [6.07, 6.45) is 7.72. The summed E-state index contributed by atoms with van der Waals surface area (Å²) in [5, 5.41) is 8.91. The number of nitrogens with zero attached hydrogens (tertiary/aromatic N) is 2. The zero-order valence-corrected chi connectivity index (χ0v) is 30.5. The Hall–Kier alpha value is -6.26. The average Bonchev–Trinajstić information content (AvgIpc) is 3.17. The number of unbranched alkanes of at least 4 members (excludes halogenated alkanes) is 6. The molecule has 6 aromatic carbocycles. The van der Waals surface area contributed by atoms with E-state index in [-0.39, 0.29) is 44.6 Å². The van der Waals surface area contributed by atoms with Gasteiger partial charge in [-0.25, -0.2) is 40.0 Å². The van der Waals surface area contributed by atoms with Crippen molar-refractivity contribution in [3.63, 3.8) is 0 Å². The lowest BCUT2D eigenvalue weighted by Gasteiger charge is -2.11. The Balaban J connectivity index is 0.929. The molecule has 0 aromatic heterocycles. The highest BCUT2D eigenvalue weighted by Crippen LogP contribution is 2.36. The van der Waals surface area contributed by atoms with Gasteiger partial charge in [-0.2, -0.15) is 5.26 Å². The van der Waals surface area contributed by atoms with Crippen LogP contribution in [0.3, 0.4) is 0 Å². The summed E-state index contributed by atoms with van der Waals surface area (Å²) in [7, 11) is 0. The van der Waals surface area contributed by atoms with Gasteiger partial charge >= 0.3 is 0 Å². The normalized spacial score (nSPS) is 11.1. The van der Waals surface area contributed by atoms with Crippen LogP contribution in [0.15, 0.2) is 97.1 Å². The highest BCUT2D eigenvalue weighted by Gasteiger charge is 2.19. The number of hydrogen-bond donors (Lipinski definition) is 0. The van der Waals surface area contributed by atoms with Crippen molar-refractivity contribution in [3.05, 3.63) is 172 Å². The van der Waals surface area contributed by atoms with Crippen LogP contribution >= 0.6 is 0 Å². The fraction of sp³-hybridized carbons (Fsp3) is 0.191. The van der Waals surface area contributed by atoms with E-state index in [0.29, 0.717) is 12.8 Å². The second-order valence-electron chi connectivity index (χ2n) is 13.8. The van der Waals surface area contributed by atoms with Crippen LogP contribution in [0.2, 0.25) is 0 Å². The number of aryl methyl sites for hydroxylation is 2. The summed E-state index contributed by atoms with van der Waals surface area (Å²) >= 11 is 0. The minimum atomic E-state index is -0.985. The maximum absolute atomic E-state index is 15.1. The lowest BCUT2D eigenvalue weighted by Crippen LogP contribution is -1.96. The third kappa shape index (κ3) is 9.41. The van der Waals surface area contributed by atoms with E-state index in [0.717, 1.165) is 105 Å². The van der Waals surface area contributed by atoms with Crippen molar-refractivity contribution in [1.82, 2.24) is 0 Å². The molecule has 57 heavy (non-hydrogen) atoms. The van der Waals surface area contributed by atoms with Gasteiger partial charge in [-0.1, -0.05) is 74.6 Å². The predicted molar refractivity (Wildman–Crippen MR) is 205 cm³/mol. The van der Waals surface area contributed by atoms with Crippen molar-refractivity contribution in [3.8, 4) is 50.6 Å². The van der Waals surface area contributed by atoms with Gasteiger partial charge in [0.25, 0.3) is 0 Å². The van der Waals surface area contributed by atoms with E-state index in [9.17, 15) is 17.6 Å². The van der Waals surface area contributed by atoms with Crippen molar-refractivity contribution < 1.29 is 35.1 Å². The molecule has 0 N–H and O–H groups in total. The first-order valence-corrected chi connectivity index (χ1v) is 18.4. The molecule has 0 fully saturated rings. The third-order valence-corrected chi connectivity index (χ3v) is 9.94. The van der Waals surface area contributed by atoms with Gasteiger partial charge < -0.3 is 0 Å². The van der Waals surface area contributed by atoms with Crippen LogP contribution in [-0.4, -0.2) is 0 Å². The fourth-order valence-electron chi connectivity index (χ4n) is 6.96. The van der Waals surface area contributed by atoms with Gasteiger partial charge in [-0.05, 0) is 114 Å². The molecule has 0 unspecified atom stereocenters. The molecule has 288 valence electrons. The van der Waals surface area contributed by atoms with Gasteiger partial charge in [0.15, 0.2) is 0 Å². The van der Waals surface area contributed by atoms with Crippen molar-refractivity contribution in [2.24, 2.45) is 0 Å².